The lowest BCUT2D eigenvalue weighted by atomic mass is 10.1. The van der Waals surface area contributed by atoms with Crippen LogP contribution in [0.15, 0.2) is 27.4 Å². The van der Waals surface area contributed by atoms with E-state index in [9.17, 15) is 14.4 Å². The highest BCUT2D eigenvalue weighted by atomic mass is 16.4. The van der Waals surface area contributed by atoms with Gasteiger partial charge in [-0.15, -0.1) is 0 Å². The molecule has 1 saturated heterocycles. The fourth-order valence-electron chi connectivity index (χ4n) is 2.75. The second-order valence-corrected chi connectivity index (χ2v) is 5.26. The fraction of sp³-hybridized carbons (Fsp3) is 0.400. The molecular weight excluding hydrogens is 272 g/mol. The number of aromatic nitrogens is 1. The molecule has 1 aromatic heterocycles. The van der Waals surface area contributed by atoms with Crippen LogP contribution in [0.5, 0.6) is 0 Å². The van der Waals surface area contributed by atoms with Gasteiger partial charge in [0.1, 0.15) is 6.04 Å². The largest absolute Gasteiger partial charge is 0.420 e. The minimum Gasteiger partial charge on any atom is -0.408 e. The Labute approximate surface area is 120 Å². The normalized spacial score (nSPS) is 19.0. The van der Waals surface area contributed by atoms with Crippen LogP contribution in [0.1, 0.15) is 37.8 Å². The van der Waals surface area contributed by atoms with E-state index in [2.05, 4.69) is 12.2 Å². The zero-order chi connectivity index (χ0) is 15.0. The van der Waals surface area contributed by atoms with Gasteiger partial charge in [0.2, 0.25) is 11.8 Å². The van der Waals surface area contributed by atoms with Crippen molar-refractivity contribution in [3.63, 3.8) is 0 Å². The van der Waals surface area contributed by atoms with E-state index in [0.29, 0.717) is 17.5 Å². The zero-order valence-corrected chi connectivity index (χ0v) is 11.7. The van der Waals surface area contributed by atoms with Crippen molar-refractivity contribution in [3.05, 3.63) is 34.3 Å². The summed E-state index contributed by atoms with van der Waals surface area (Å²) in [5, 5.41) is 2.26. The molecule has 6 heteroatoms. The number of carbonyl (C=O) groups is 2. The predicted octanol–water partition coefficient (Wildman–Crippen LogP) is 1.52. The maximum atomic E-state index is 12.1. The van der Waals surface area contributed by atoms with E-state index in [1.165, 1.54) is 4.57 Å². The molecule has 0 bridgehead atoms. The molecule has 0 spiro atoms. The molecule has 1 fully saturated rings. The highest BCUT2D eigenvalue weighted by molar-refractivity contribution is 6.00. The lowest BCUT2D eigenvalue weighted by molar-refractivity contribution is -0.135. The highest BCUT2D eigenvalue weighted by Gasteiger charge is 2.31. The van der Waals surface area contributed by atoms with Gasteiger partial charge in [-0.1, -0.05) is 19.4 Å². The van der Waals surface area contributed by atoms with Gasteiger partial charge in [0.25, 0.3) is 0 Å². The number of hydrogen-bond acceptors (Lipinski definition) is 4. The van der Waals surface area contributed by atoms with Gasteiger partial charge in [0, 0.05) is 6.42 Å². The second kappa shape index (κ2) is 5.20. The first-order valence-electron chi connectivity index (χ1n) is 7.08. The van der Waals surface area contributed by atoms with Crippen molar-refractivity contribution in [2.24, 2.45) is 0 Å². The average Bonchev–Trinajstić information content (AvgIpc) is 2.75. The maximum Gasteiger partial charge on any atom is 0.420 e. The summed E-state index contributed by atoms with van der Waals surface area (Å²) in [6.45, 7) is 2.08. The number of imide groups is 1. The molecule has 1 aromatic carbocycles. The molecule has 6 nitrogen and oxygen atoms in total. The molecule has 0 saturated carbocycles. The number of nitrogens with one attached hydrogen (secondary N) is 1. The minimum atomic E-state index is -0.687. The Balaban J connectivity index is 2.06. The van der Waals surface area contributed by atoms with Crippen LogP contribution in [0.25, 0.3) is 11.1 Å². The first-order chi connectivity index (χ1) is 10.1. The average molecular weight is 288 g/mol. The van der Waals surface area contributed by atoms with Crippen LogP contribution < -0.4 is 11.1 Å². The summed E-state index contributed by atoms with van der Waals surface area (Å²) >= 11 is 0. The summed E-state index contributed by atoms with van der Waals surface area (Å²) < 4.78 is 6.60. The number of aryl methyl sites for hydroxylation is 1. The van der Waals surface area contributed by atoms with Gasteiger partial charge in [-0.2, -0.15) is 0 Å². The molecule has 2 heterocycles. The number of nitrogens with zero attached hydrogens (tertiary/aromatic N) is 1. The standard InChI is InChI=1S/C15H16N2O4/c1-2-3-9-4-5-10-12(8-9)21-15(20)17(10)11-6-7-13(18)16-14(11)19/h4-5,8,11H,2-3,6-7H2,1H3,(H,16,18,19)/t11-/m0/s1. The number of benzene rings is 1. The van der Waals surface area contributed by atoms with Gasteiger partial charge < -0.3 is 4.42 Å². The number of fused-ring (bicyclic) bond motifs is 1. The van der Waals surface area contributed by atoms with Gasteiger partial charge in [-0.3, -0.25) is 19.5 Å². The first-order valence-corrected chi connectivity index (χ1v) is 7.08. The van der Waals surface area contributed by atoms with Crippen molar-refractivity contribution >= 4 is 22.9 Å². The van der Waals surface area contributed by atoms with E-state index < -0.39 is 17.7 Å². The molecule has 2 aromatic rings. The van der Waals surface area contributed by atoms with E-state index in [4.69, 9.17) is 4.42 Å². The Morgan fingerprint density at radius 2 is 2.14 bits per heavy atom. The quantitative estimate of drug-likeness (QED) is 0.868. The van der Waals surface area contributed by atoms with Crippen LogP contribution in [-0.4, -0.2) is 16.4 Å². The fourth-order valence-corrected chi connectivity index (χ4v) is 2.75. The van der Waals surface area contributed by atoms with E-state index in [1.54, 1.807) is 6.07 Å². The second-order valence-electron chi connectivity index (χ2n) is 5.26. The van der Waals surface area contributed by atoms with E-state index >= 15 is 0 Å². The van der Waals surface area contributed by atoms with Crippen LogP contribution in [0.2, 0.25) is 0 Å². The molecule has 0 aliphatic carbocycles. The summed E-state index contributed by atoms with van der Waals surface area (Å²) in [4.78, 5) is 35.2. The van der Waals surface area contributed by atoms with Crippen LogP contribution in [0.3, 0.4) is 0 Å². The van der Waals surface area contributed by atoms with Crippen LogP contribution in [0.4, 0.5) is 0 Å². The topological polar surface area (TPSA) is 81.3 Å². The number of hydrogen-bond donors (Lipinski definition) is 1. The molecule has 0 unspecified atom stereocenters. The van der Waals surface area contributed by atoms with Crippen molar-refractivity contribution in [3.8, 4) is 0 Å². The summed E-state index contributed by atoms with van der Waals surface area (Å²) in [6.07, 6.45) is 2.45. The number of amides is 2. The molecule has 1 aliphatic heterocycles. The third kappa shape index (κ3) is 2.37. The van der Waals surface area contributed by atoms with Crippen molar-refractivity contribution in [2.45, 2.75) is 38.6 Å². The van der Waals surface area contributed by atoms with Crippen molar-refractivity contribution < 1.29 is 14.0 Å². The third-order valence-electron chi connectivity index (χ3n) is 3.74. The van der Waals surface area contributed by atoms with Gasteiger partial charge in [0.15, 0.2) is 5.58 Å². The van der Waals surface area contributed by atoms with Crippen LogP contribution in [0, 0.1) is 0 Å². The number of oxazole rings is 1. The third-order valence-corrected chi connectivity index (χ3v) is 3.74. The Morgan fingerprint density at radius 1 is 1.33 bits per heavy atom. The SMILES string of the molecule is CCCc1ccc2c(c1)oc(=O)n2[C@H]1CCC(=O)NC1=O. The predicted molar refractivity (Wildman–Crippen MR) is 75.9 cm³/mol. The Hall–Kier alpha value is -2.37. The van der Waals surface area contributed by atoms with Crippen molar-refractivity contribution in [1.29, 1.82) is 0 Å². The lowest BCUT2D eigenvalue weighted by Crippen LogP contribution is -2.43. The molecule has 0 radical (unpaired) electrons. The highest BCUT2D eigenvalue weighted by Crippen LogP contribution is 2.24. The lowest BCUT2D eigenvalue weighted by Gasteiger charge is -2.21. The van der Waals surface area contributed by atoms with Gasteiger partial charge >= 0.3 is 5.76 Å². The zero-order valence-electron chi connectivity index (χ0n) is 11.7. The minimum absolute atomic E-state index is 0.226. The van der Waals surface area contributed by atoms with Crippen LogP contribution in [-0.2, 0) is 16.0 Å². The molecule has 110 valence electrons. The number of carbonyl (C=O) groups excluding carboxylic acids is 2. The van der Waals surface area contributed by atoms with Gasteiger partial charge in [0.05, 0.1) is 5.52 Å². The van der Waals surface area contributed by atoms with Crippen molar-refractivity contribution in [1.82, 2.24) is 9.88 Å². The molecule has 1 atom stereocenters. The van der Waals surface area contributed by atoms with E-state index in [1.807, 2.05) is 12.1 Å². The molecule has 1 N–H and O–H groups in total. The van der Waals surface area contributed by atoms with Crippen molar-refractivity contribution in [2.75, 3.05) is 0 Å². The maximum absolute atomic E-state index is 12.1. The monoisotopic (exact) mass is 288 g/mol. The first kappa shape index (κ1) is 13.6. The van der Waals surface area contributed by atoms with Gasteiger partial charge in [-0.25, -0.2) is 4.79 Å². The molecular formula is C15H16N2O4. The Bertz CT molecular complexity index is 772. The number of piperidine rings is 1. The summed E-state index contributed by atoms with van der Waals surface area (Å²) in [7, 11) is 0. The summed E-state index contributed by atoms with van der Waals surface area (Å²) in [5.41, 5.74) is 2.17. The molecule has 21 heavy (non-hydrogen) atoms. The van der Waals surface area contributed by atoms with Gasteiger partial charge in [-0.05, 0) is 30.5 Å². The smallest absolute Gasteiger partial charge is 0.408 e. The summed E-state index contributed by atoms with van der Waals surface area (Å²) in [6, 6.07) is 4.88. The summed E-state index contributed by atoms with van der Waals surface area (Å²) in [5.74, 6) is -1.32. The van der Waals surface area contributed by atoms with E-state index in [-0.39, 0.29) is 12.3 Å². The molecule has 3 rings (SSSR count). The van der Waals surface area contributed by atoms with Crippen LogP contribution >= 0.6 is 0 Å². The van der Waals surface area contributed by atoms with E-state index in [0.717, 1.165) is 18.4 Å². The number of rotatable bonds is 3. The molecule has 1 aliphatic rings. The Morgan fingerprint density at radius 3 is 2.86 bits per heavy atom. The molecule has 2 amide bonds. The Kier molecular flexibility index (Phi) is 3.37.